The number of ether oxygens (including phenoxy) is 1. The van der Waals surface area contributed by atoms with Crippen molar-refractivity contribution in [3.8, 4) is 5.75 Å². The van der Waals surface area contributed by atoms with Crippen molar-refractivity contribution in [3.63, 3.8) is 0 Å². The van der Waals surface area contributed by atoms with E-state index in [0.29, 0.717) is 12.1 Å². The standard InChI is InChI=1S/C22H22F2N2O4/c1-25(2)9-10-26-19(13-5-4-6-15(23)11-13)18(21(28)22(26)29)20(27)14-7-8-17(30-3)16(24)12-14/h4-8,11-12,19,27H,9-10H2,1-3H3/t19-/m1/s1. The Morgan fingerprint density at radius 1 is 1.17 bits per heavy atom. The third-order valence-electron chi connectivity index (χ3n) is 4.92. The lowest BCUT2D eigenvalue weighted by Crippen LogP contribution is -2.35. The molecule has 1 heterocycles. The molecular formula is C22H22F2N2O4. The summed E-state index contributed by atoms with van der Waals surface area (Å²) in [6.45, 7) is 0.641. The Labute approximate surface area is 173 Å². The molecule has 2 aromatic carbocycles. The van der Waals surface area contributed by atoms with Gasteiger partial charge in [-0.25, -0.2) is 8.78 Å². The Morgan fingerprint density at radius 3 is 2.50 bits per heavy atom. The van der Waals surface area contributed by atoms with E-state index in [2.05, 4.69) is 0 Å². The highest BCUT2D eigenvalue weighted by Gasteiger charge is 2.46. The van der Waals surface area contributed by atoms with E-state index >= 15 is 0 Å². The second-order valence-corrected chi connectivity index (χ2v) is 7.20. The first kappa shape index (κ1) is 21.4. The number of aliphatic hydroxyl groups is 1. The normalized spacial score (nSPS) is 18.3. The second kappa shape index (κ2) is 8.62. The average molecular weight is 416 g/mol. The Kier molecular flexibility index (Phi) is 6.17. The number of aliphatic hydroxyl groups excluding tert-OH is 1. The summed E-state index contributed by atoms with van der Waals surface area (Å²) >= 11 is 0. The van der Waals surface area contributed by atoms with Crippen molar-refractivity contribution < 1.29 is 28.2 Å². The molecule has 158 valence electrons. The van der Waals surface area contributed by atoms with Gasteiger partial charge in [-0.3, -0.25) is 9.59 Å². The number of methoxy groups -OCH3 is 1. The molecular weight excluding hydrogens is 394 g/mol. The van der Waals surface area contributed by atoms with Gasteiger partial charge in [0.25, 0.3) is 11.7 Å². The lowest BCUT2D eigenvalue weighted by Gasteiger charge is -2.26. The quantitative estimate of drug-likeness (QED) is 0.446. The molecule has 0 aromatic heterocycles. The van der Waals surface area contributed by atoms with Gasteiger partial charge in [0.1, 0.15) is 11.6 Å². The fraction of sp³-hybridized carbons (Fsp3) is 0.273. The number of Topliss-reactive ketones (excluding diaryl/α,β-unsaturated/α-hetero) is 1. The van der Waals surface area contributed by atoms with Gasteiger partial charge in [-0.1, -0.05) is 12.1 Å². The molecule has 1 aliphatic rings. The van der Waals surface area contributed by atoms with Crippen LogP contribution in [-0.4, -0.2) is 60.9 Å². The first-order valence-electron chi connectivity index (χ1n) is 9.27. The molecule has 1 fully saturated rings. The minimum absolute atomic E-state index is 0.0142. The molecule has 0 saturated carbocycles. The maximum Gasteiger partial charge on any atom is 0.295 e. The first-order valence-corrected chi connectivity index (χ1v) is 9.27. The summed E-state index contributed by atoms with van der Waals surface area (Å²) in [4.78, 5) is 28.7. The number of hydrogen-bond acceptors (Lipinski definition) is 5. The van der Waals surface area contributed by atoms with Gasteiger partial charge in [0, 0.05) is 18.7 Å². The lowest BCUT2D eigenvalue weighted by molar-refractivity contribution is -0.140. The summed E-state index contributed by atoms with van der Waals surface area (Å²) in [5.41, 5.74) is 0.137. The molecule has 1 saturated heterocycles. The van der Waals surface area contributed by atoms with Gasteiger partial charge in [0.05, 0.1) is 18.7 Å². The zero-order chi connectivity index (χ0) is 22.0. The third kappa shape index (κ3) is 4.04. The van der Waals surface area contributed by atoms with Crippen molar-refractivity contribution >= 4 is 17.4 Å². The molecule has 0 bridgehead atoms. The van der Waals surface area contributed by atoms with E-state index in [0.717, 1.165) is 6.07 Å². The van der Waals surface area contributed by atoms with Crippen LogP contribution in [0.3, 0.4) is 0 Å². The van der Waals surface area contributed by atoms with E-state index in [9.17, 15) is 23.5 Å². The number of benzene rings is 2. The monoisotopic (exact) mass is 416 g/mol. The number of halogens is 2. The highest BCUT2D eigenvalue weighted by molar-refractivity contribution is 6.46. The Morgan fingerprint density at radius 2 is 1.90 bits per heavy atom. The zero-order valence-electron chi connectivity index (χ0n) is 16.9. The second-order valence-electron chi connectivity index (χ2n) is 7.20. The predicted molar refractivity (Wildman–Crippen MR) is 107 cm³/mol. The molecule has 1 N–H and O–H groups in total. The number of amides is 1. The van der Waals surface area contributed by atoms with E-state index in [1.165, 1.54) is 42.3 Å². The van der Waals surface area contributed by atoms with E-state index < -0.39 is 35.1 Å². The number of carbonyl (C=O) groups excluding carboxylic acids is 2. The van der Waals surface area contributed by atoms with Crippen molar-refractivity contribution in [2.75, 3.05) is 34.3 Å². The summed E-state index contributed by atoms with van der Waals surface area (Å²) < 4.78 is 32.9. The number of likely N-dealkylation sites (tertiary alicyclic amines) is 1. The SMILES string of the molecule is COc1ccc(C(O)=C2C(=O)C(=O)N(CCN(C)C)[C@@H]2c2cccc(F)c2)cc1F. The maximum absolute atomic E-state index is 14.2. The van der Waals surface area contributed by atoms with Crippen LogP contribution in [0.15, 0.2) is 48.0 Å². The number of nitrogens with zero attached hydrogens (tertiary/aromatic N) is 2. The molecule has 0 radical (unpaired) electrons. The van der Waals surface area contributed by atoms with Crippen LogP contribution in [0, 0.1) is 11.6 Å². The molecule has 2 aromatic rings. The van der Waals surface area contributed by atoms with Crippen LogP contribution >= 0.6 is 0 Å². The van der Waals surface area contributed by atoms with Gasteiger partial charge in [0.2, 0.25) is 0 Å². The minimum atomic E-state index is -0.995. The van der Waals surface area contributed by atoms with Crippen LogP contribution in [0.4, 0.5) is 8.78 Å². The average Bonchev–Trinajstić information content (AvgIpc) is 2.96. The molecule has 6 nitrogen and oxygen atoms in total. The molecule has 0 aliphatic carbocycles. The number of rotatable bonds is 6. The molecule has 0 spiro atoms. The van der Waals surface area contributed by atoms with Crippen molar-refractivity contribution in [1.29, 1.82) is 0 Å². The van der Waals surface area contributed by atoms with Gasteiger partial charge in [-0.2, -0.15) is 0 Å². The number of ketones is 1. The van der Waals surface area contributed by atoms with Crippen molar-refractivity contribution in [3.05, 3.63) is 70.8 Å². The van der Waals surface area contributed by atoms with Gasteiger partial charge < -0.3 is 19.6 Å². The molecule has 1 atom stereocenters. The van der Waals surface area contributed by atoms with Crippen LogP contribution in [0.25, 0.3) is 5.76 Å². The molecule has 1 amide bonds. The summed E-state index contributed by atoms with van der Waals surface area (Å²) in [5.74, 6) is -3.54. The largest absolute Gasteiger partial charge is 0.507 e. The Balaban J connectivity index is 2.16. The topological polar surface area (TPSA) is 70.1 Å². The number of likely N-dealkylation sites (N-methyl/N-ethyl adjacent to an activating group) is 1. The molecule has 8 heteroatoms. The van der Waals surface area contributed by atoms with Gasteiger partial charge in [0.15, 0.2) is 11.6 Å². The van der Waals surface area contributed by atoms with Crippen LogP contribution in [0.1, 0.15) is 17.2 Å². The van der Waals surface area contributed by atoms with Gasteiger partial charge in [-0.05, 0) is 50.0 Å². The lowest BCUT2D eigenvalue weighted by atomic mass is 9.95. The Bertz CT molecular complexity index is 1020. The summed E-state index contributed by atoms with van der Waals surface area (Å²) in [7, 11) is 4.93. The summed E-state index contributed by atoms with van der Waals surface area (Å²) in [6, 6.07) is 8.20. The molecule has 3 rings (SSSR count). The highest BCUT2D eigenvalue weighted by Crippen LogP contribution is 2.39. The number of carbonyl (C=O) groups is 2. The molecule has 30 heavy (non-hydrogen) atoms. The number of hydrogen-bond donors (Lipinski definition) is 1. The van der Waals surface area contributed by atoms with E-state index in [1.54, 1.807) is 6.07 Å². The van der Waals surface area contributed by atoms with Crippen molar-refractivity contribution in [2.45, 2.75) is 6.04 Å². The van der Waals surface area contributed by atoms with E-state index in [1.807, 2.05) is 19.0 Å². The van der Waals surface area contributed by atoms with Crippen LogP contribution < -0.4 is 4.74 Å². The van der Waals surface area contributed by atoms with E-state index in [-0.39, 0.29) is 23.4 Å². The van der Waals surface area contributed by atoms with Crippen LogP contribution in [-0.2, 0) is 9.59 Å². The summed E-state index contributed by atoms with van der Waals surface area (Å²) in [6.07, 6.45) is 0. The predicted octanol–water partition coefficient (Wildman–Crippen LogP) is 2.96. The van der Waals surface area contributed by atoms with Crippen molar-refractivity contribution in [2.24, 2.45) is 0 Å². The fourth-order valence-electron chi connectivity index (χ4n) is 3.41. The smallest absolute Gasteiger partial charge is 0.295 e. The summed E-state index contributed by atoms with van der Waals surface area (Å²) in [5, 5.41) is 10.9. The van der Waals surface area contributed by atoms with Gasteiger partial charge in [-0.15, -0.1) is 0 Å². The molecule has 0 unspecified atom stereocenters. The molecule has 1 aliphatic heterocycles. The van der Waals surface area contributed by atoms with E-state index in [4.69, 9.17) is 4.74 Å². The minimum Gasteiger partial charge on any atom is -0.507 e. The highest BCUT2D eigenvalue weighted by atomic mass is 19.1. The van der Waals surface area contributed by atoms with Crippen LogP contribution in [0.5, 0.6) is 5.75 Å². The third-order valence-corrected chi connectivity index (χ3v) is 4.92. The Hall–Kier alpha value is -3.26. The van der Waals surface area contributed by atoms with Gasteiger partial charge >= 0.3 is 0 Å². The van der Waals surface area contributed by atoms with Crippen molar-refractivity contribution in [1.82, 2.24) is 9.80 Å². The fourth-order valence-corrected chi connectivity index (χ4v) is 3.41. The zero-order valence-corrected chi connectivity index (χ0v) is 16.9. The first-order chi connectivity index (χ1) is 14.2. The van der Waals surface area contributed by atoms with Crippen LogP contribution in [0.2, 0.25) is 0 Å². The maximum atomic E-state index is 14.2.